The molecule has 0 aliphatic carbocycles. The van der Waals surface area contributed by atoms with Gasteiger partial charge < -0.3 is 10.2 Å². The second kappa shape index (κ2) is 7.49. The maximum Gasteiger partial charge on any atom is 0.0894 e. The van der Waals surface area contributed by atoms with Crippen LogP contribution in [-0.4, -0.2) is 50.1 Å². The molecule has 1 fully saturated rings. The zero-order chi connectivity index (χ0) is 10.2. The first-order valence-corrected chi connectivity index (χ1v) is 6.10. The van der Waals surface area contributed by atoms with E-state index in [2.05, 4.69) is 22.8 Å². The molecule has 0 bridgehead atoms. The molecule has 0 spiro atoms. The van der Waals surface area contributed by atoms with E-state index in [9.17, 15) is 4.39 Å². The van der Waals surface area contributed by atoms with Gasteiger partial charge in [0.15, 0.2) is 0 Å². The molecule has 4 heteroatoms. The fraction of sp³-hybridized carbons (Fsp3) is 1.00. The molecule has 0 aromatic rings. The summed E-state index contributed by atoms with van der Waals surface area (Å²) in [7, 11) is 0. The molecule has 1 atom stereocenters. The van der Waals surface area contributed by atoms with Crippen molar-refractivity contribution in [3.8, 4) is 0 Å². The number of rotatable bonds is 5. The van der Waals surface area contributed by atoms with E-state index in [4.69, 9.17) is 0 Å². The summed E-state index contributed by atoms with van der Waals surface area (Å²) in [5.41, 5.74) is 0. The predicted octanol–water partition coefficient (Wildman–Crippen LogP) is 1.19. The van der Waals surface area contributed by atoms with Gasteiger partial charge in [0.25, 0.3) is 0 Å². The van der Waals surface area contributed by atoms with Crippen LogP contribution in [0.4, 0.5) is 4.39 Å². The molecule has 14 heavy (non-hydrogen) atoms. The first kappa shape index (κ1) is 12.3. The van der Waals surface area contributed by atoms with Crippen molar-refractivity contribution in [1.82, 2.24) is 10.2 Å². The van der Waals surface area contributed by atoms with E-state index in [1.54, 1.807) is 0 Å². The van der Waals surface area contributed by atoms with E-state index in [1.165, 1.54) is 0 Å². The fourth-order valence-electron chi connectivity index (χ4n) is 1.82. The SMILES string of the molecule is FCCCCN1CCNCC(CS)C1. The van der Waals surface area contributed by atoms with Crippen molar-refractivity contribution in [1.29, 1.82) is 0 Å². The Labute approximate surface area is 91.6 Å². The van der Waals surface area contributed by atoms with E-state index in [0.717, 1.165) is 44.9 Å². The maximum absolute atomic E-state index is 11.9. The van der Waals surface area contributed by atoms with Crippen LogP contribution in [0.25, 0.3) is 0 Å². The number of nitrogens with zero attached hydrogens (tertiary/aromatic N) is 1. The quantitative estimate of drug-likeness (QED) is 0.534. The predicted molar refractivity (Wildman–Crippen MR) is 61.9 cm³/mol. The third-order valence-corrected chi connectivity index (χ3v) is 3.19. The number of nitrogens with one attached hydrogen (secondary N) is 1. The Morgan fingerprint density at radius 3 is 3.00 bits per heavy atom. The Hall–Kier alpha value is 0.200. The van der Waals surface area contributed by atoms with E-state index < -0.39 is 0 Å². The van der Waals surface area contributed by atoms with Gasteiger partial charge in [0, 0.05) is 26.2 Å². The fourth-order valence-corrected chi connectivity index (χ4v) is 2.06. The second-order valence-electron chi connectivity index (χ2n) is 3.95. The molecule has 1 aliphatic rings. The smallest absolute Gasteiger partial charge is 0.0894 e. The normalized spacial score (nSPS) is 24.9. The molecule has 1 aliphatic heterocycles. The molecule has 1 heterocycles. The third-order valence-electron chi connectivity index (χ3n) is 2.67. The first-order chi connectivity index (χ1) is 6.86. The Bertz CT molecular complexity index is 146. The summed E-state index contributed by atoms with van der Waals surface area (Å²) in [6.07, 6.45) is 1.69. The molecule has 0 radical (unpaired) electrons. The lowest BCUT2D eigenvalue weighted by Crippen LogP contribution is -2.31. The second-order valence-corrected chi connectivity index (χ2v) is 4.31. The number of unbranched alkanes of at least 4 members (excludes halogenated alkanes) is 1. The zero-order valence-electron chi connectivity index (χ0n) is 8.71. The molecule has 2 nitrogen and oxygen atoms in total. The van der Waals surface area contributed by atoms with Gasteiger partial charge >= 0.3 is 0 Å². The lowest BCUT2D eigenvalue weighted by molar-refractivity contribution is 0.257. The minimum absolute atomic E-state index is 0.178. The standard InChI is InChI=1S/C10H21FN2S/c11-3-1-2-5-13-6-4-12-7-10(8-13)9-14/h10,12,14H,1-9H2. The van der Waals surface area contributed by atoms with Crippen LogP contribution in [0, 0.1) is 5.92 Å². The summed E-state index contributed by atoms with van der Waals surface area (Å²) in [6.45, 7) is 5.19. The summed E-state index contributed by atoms with van der Waals surface area (Å²) >= 11 is 4.33. The van der Waals surface area contributed by atoms with Crippen molar-refractivity contribution in [3.63, 3.8) is 0 Å². The van der Waals surface area contributed by atoms with E-state index >= 15 is 0 Å². The zero-order valence-corrected chi connectivity index (χ0v) is 9.61. The Morgan fingerprint density at radius 1 is 1.43 bits per heavy atom. The van der Waals surface area contributed by atoms with E-state index in [-0.39, 0.29) is 6.67 Å². The summed E-state index contributed by atoms with van der Waals surface area (Å²) in [4.78, 5) is 2.43. The molecule has 1 rings (SSSR count). The number of hydrogen-bond acceptors (Lipinski definition) is 3. The first-order valence-electron chi connectivity index (χ1n) is 5.46. The highest BCUT2D eigenvalue weighted by molar-refractivity contribution is 7.80. The molecule has 84 valence electrons. The summed E-state index contributed by atoms with van der Waals surface area (Å²) < 4.78 is 11.9. The molecule has 1 N–H and O–H groups in total. The monoisotopic (exact) mass is 220 g/mol. The molecule has 0 aromatic heterocycles. The molecule has 0 aromatic carbocycles. The van der Waals surface area contributed by atoms with Gasteiger partial charge in [0.1, 0.15) is 0 Å². The van der Waals surface area contributed by atoms with E-state index in [0.29, 0.717) is 12.3 Å². The minimum atomic E-state index is -0.178. The number of thiol groups is 1. The number of alkyl halides is 1. The summed E-state index contributed by atoms with van der Waals surface area (Å²) in [5.74, 6) is 1.58. The average molecular weight is 220 g/mol. The molecule has 1 unspecified atom stereocenters. The number of hydrogen-bond donors (Lipinski definition) is 2. The van der Waals surface area contributed by atoms with Crippen LogP contribution in [0.1, 0.15) is 12.8 Å². The largest absolute Gasteiger partial charge is 0.315 e. The molecular formula is C10H21FN2S. The molecule has 0 saturated carbocycles. The van der Waals surface area contributed by atoms with Crippen LogP contribution < -0.4 is 5.32 Å². The van der Waals surface area contributed by atoms with Gasteiger partial charge in [-0.2, -0.15) is 12.6 Å². The van der Waals surface area contributed by atoms with Crippen LogP contribution in [0.15, 0.2) is 0 Å². The highest BCUT2D eigenvalue weighted by atomic mass is 32.1. The van der Waals surface area contributed by atoms with Crippen molar-refractivity contribution in [2.45, 2.75) is 12.8 Å². The van der Waals surface area contributed by atoms with Gasteiger partial charge in [-0.3, -0.25) is 4.39 Å². The van der Waals surface area contributed by atoms with Crippen LogP contribution in [0.3, 0.4) is 0 Å². The Kier molecular flexibility index (Phi) is 6.56. The molecule has 0 amide bonds. The molecule has 1 saturated heterocycles. The topological polar surface area (TPSA) is 15.3 Å². The maximum atomic E-state index is 11.9. The highest BCUT2D eigenvalue weighted by Gasteiger charge is 2.15. The Morgan fingerprint density at radius 2 is 2.29 bits per heavy atom. The van der Waals surface area contributed by atoms with Gasteiger partial charge in [0.2, 0.25) is 0 Å². The van der Waals surface area contributed by atoms with Gasteiger partial charge in [-0.05, 0) is 31.1 Å². The summed E-state index contributed by atoms with van der Waals surface area (Å²) in [5, 5.41) is 3.40. The van der Waals surface area contributed by atoms with Gasteiger partial charge in [-0.25, -0.2) is 0 Å². The number of halogens is 1. The van der Waals surface area contributed by atoms with Gasteiger partial charge in [0.05, 0.1) is 6.67 Å². The van der Waals surface area contributed by atoms with Crippen LogP contribution in [0.2, 0.25) is 0 Å². The van der Waals surface area contributed by atoms with Crippen LogP contribution >= 0.6 is 12.6 Å². The van der Waals surface area contributed by atoms with E-state index in [1.807, 2.05) is 0 Å². The van der Waals surface area contributed by atoms with Gasteiger partial charge in [-0.15, -0.1) is 0 Å². The van der Waals surface area contributed by atoms with Crippen molar-refractivity contribution < 1.29 is 4.39 Å². The highest BCUT2D eigenvalue weighted by Crippen LogP contribution is 2.06. The van der Waals surface area contributed by atoms with Crippen molar-refractivity contribution >= 4 is 12.6 Å². The molecular weight excluding hydrogens is 199 g/mol. The van der Waals surface area contributed by atoms with Crippen LogP contribution in [0.5, 0.6) is 0 Å². The van der Waals surface area contributed by atoms with Gasteiger partial charge in [-0.1, -0.05) is 0 Å². The van der Waals surface area contributed by atoms with Crippen molar-refractivity contribution in [2.75, 3.05) is 45.2 Å². The average Bonchev–Trinajstić information content (AvgIpc) is 2.43. The lowest BCUT2D eigenvalue weighted by atomic mass is 10.1. The van der Waals surface area contributed by atoms with Crippen molar-refractivity contribution in [3.05, 3.63) is 0 Å². The van der Waals surface area contributed by atoms with Crippen molar-refractivity contribution in [2.24, 2.45) is 5.92 Å². The Balaban J connectivity index is 2.20. The summed E-state index contributed by atoms with van der Waals surface area (Å²) in [6, 6.07) is 0. The lowest BCUT2D eigenvalue weighted by Gasteiger charge is -2.22. The minimum Gasteiger partial charge on any atom is -0.315 e. The third kappa shape index (κ3) is 4.62. The van der Waals surface area contributed by atoms with Crippen LogP contribution in [-0.2, 0) is 0 Å².